The van der Waals surface area contributed by atoms with Gasteiger partial charge >= 0.3 is 0 Å². The fraction of sp³-hybridized carbons (Fsp3) is 0.438. The molecule has 1 N–H and O–H groups in total. The smallest absolute Gasteiger partial charge is 0.223 e. The van der Waals surface area contributed by atoms with E-state index in [1.165, 1.54) is 19.3 Å². The van der Waals surface area contributed by atoms with Crippen molar-refractivity contribution >= 4 is 35.6 Å². The molecule has 23 heavy (non-hydrogen) atoms. The van der Waals surface area contributed by atoms with Gasteiger partial charge in [0.05, 0.1) is 0 Å². The number of piperidine rings is 1. The third-order valence-electron chi connectivity index (χ3n) is 3.63. The minimum absolute atomic E-state index is 0. The van der Waals surface area contributed by atoms with Crippen molar-refractivity contribution in [1.82, 2.24) is 15.0 Å². The largest absolute Gasteiger partial charge is 0.343 e. The summed E-state index contributed by atoms with van der Waals surface area (Å²) in [4.78, 5) is 11.2. The number of nitrogens with one attached hydrogen (secondary N) is 1. The Bertz CT molecular complexity index is 622. The van der Waals surface area contributed by atoms with Gasteiger partial charge in [0, 0.05) is 25.7 Å². The summed E-state index contributed by atoms with van der Waals surface area (Å²) >= 11 is 0. The first-order chi connectivity index (χ1) is 10.8. The number of halogens is 1. The van der Waals surface area contributed by atoms with Gasteiger partial charge in [-0.1, -0.05) is 23.4 Å². The predicted octanol–water partition coefficient (Wildman–Crippen LogP) is 3.45. The number of aromatic nitrogens is 2. The van der Waals surface area contributed by atoms with E-state index < -0.39 is 0 Å². The molecule has 1 aromatic heterocycles. The molecule has 1 aliphatic heterocycles. The van der Waals surface area contributed by atoms with Crippen molar-refractivity contribution in [2.75, 3.05) is 18.4 Å². The van der Waals surface area contributed by atoms with Gasteiger partial charge in [0.15, 0.2) is 11.8 Å². The van der Waals surface area contributed by atoms with Crippen LogP contribution >= 0.6 is 24.0 Å². The summed E-state index contributed by atoms with van der Waals surface area (Å²) in [6.07, 6.45) is 3.70. The van der Waals surface area contributed by atoms with Crippen LogP contribution in [-0.2, 0) is 6.54 Å². The molecule has 7 heteroatoms. The maximum atomic E-state index is 5.00. The normalized spacial score (nSPS) is 15.2. The molecule has 0 spiro atoms. The molecule has 2 aromatic rings. The van der Waals surface area contributed by atoms with Crippen molar-refractivity contribution in [2.45, 2.75) is 32.7 Å². The number of aryl methyl sites for hydroxylation is 1. The quantitative estimate of drug-likeness (QED) is 0.462. The minimum atomic E-state index is 0. The van der Waals surface area contributed by atoms with Crippen LogP contribution < -0.4 is 5.32 Å². The predicted molar refractivity (Wildman–Crippen MR) is 101 cm³/mol. The average molecular weight is 427 g/mol. The third-order valence-corrected chi connectivity index (χ3v) is 3.63. The van der Waals surface area contributed by atoms with E-state index in [9.17, 15) is 0 Å². The molecule has 3 rings (SSSR count). The van der Waals surface area contributed by atoms with Gasteiger partial charge in [-0.2, -0.15) is 4.98 Å². The number of benzene rings is 1. The summed E-state index contributed by atoms with van der Waals surface area (Å²) in [5, 5.41) is 7.32. The molecular weight excluding hydrogens is 405 g/mol. The number of hydrogen-bond donors (Lipinski definition) is 1. The number of hydrogen-bond acceptors (Lipinski definition) is 4. The molecule has 1 fully saturated rings. The number of aliphatic imine (C=N–C) groups is 1. The molecule has 0 radical (unpaired) electrons. The van der Waals surface area contributed by atoms with Crippen LogP contribution in [0, 0.1) is 6.92 Å². The molecule has 0 atom stereocenters. The van der Waals surface area contributed by atoms with Crippen molar-refractivity contribution in [3.05, 3.63) is 42.0 Å². The molecule has 2 heterocycles. The van der Waals surface area contributed by atoms with E-state index >= 15 is 0 Å². The molecule has 0 unspecified atom stereocenters. The number of likely N-dealkylation sites (tertiary alicyclic amines) is 1. The van der Waals surface area contributed by atoms with Crippen LogP contribution in [0.5, 0.6) is 0 Å². The van der Waals surface area contributed by atoms with E-state index in [1.54, 1.807) is 6.92 Å². The lowest BCUT2D eigenvalue weighted by molar-refractivity contribution is 0.340. The molecule has 0 bridgehead atoms. The van der Waals surface area contributed by atoms with Gasteiger partial charge in [-0.15, -0.1) is 24.0 Å². The number of para-hydroxylation sites is 1. The average Bonchev–Trinajstić information content (AvgIpc) is 2.99. The van der Waals surface area contributed by atoms with Gasteiger partial charge in [0.1, 0.15) is 6.54 Å². The highest BCUT2D eigenvalue weighted by molar-refractivity contribution is 14.0. The monoisotopic (exact) mass is 427 g/mol. The Morgan fingerprint density at radius 3 is 2.61 bits per heavy atom. The van der Waals surface area contributed by atoms with Gasteiger partial charge in [0.2, 0.25) is 5.89 Å². The Morgan fingerprint density at radius 2 is 1.96 bits per heavy atom. The highest BCUT2D eigenvalue weighted by Gasteiger charge is 2.15. The van der Waals surface area contributed by atoms with Crippen LogP contribution in [0.2, 0.25) is 0 Å². The van der Waals surface area contributed by atoms with Gasteiger partial charge in [-0.25, -0.2) is 4.99 Å². The topological polar surface area (TPSA) is 66.6 Å². The lowest BCUT2D eigenvalue weighted by atomic mass is 10.1. The molecule has 0 amide bonds. The minimum Gasteiger partial charge on any atom is -0.343 e. The van der Waals surface area contributed by atoms with Crippen molar-refractivity contribution in [3.63, 3.8) is 0 Å². The second-order valence-corrected chi connectivity index (χ2v) is 5.41. The van der Waals surface area contributed by atoms with Crippen molar-refractivity contribution < 1.29 is 4.52 Å². The summed E-state index contributed by atoms with van der Waals surface area (Å²) < 4.78 is 5.00. The lowest BCUT2D eigenvalue weighted by Gasteiger charge is -2.30. The van der Waals surface area contributed by atoms with E-state index in [0.29, 0.717) is 18.3 Å². The van der Waals surface area contributed by atoms with Gasteiger partial charge in [-0.3, -0.25) is 0 Å². The number of anilines is 1. The molecule has 0 aliphatic carbocycles. The van der Waals surface area contributed by atoms with Gasteiger partial charge in [-0.05, 0) is 31.4 Å². The summed E-state index contributed by atoms with van der Waals surface area (Å²) in [7, 11) is 0. The van der Waals surface area contributed by atoms with Crippen molar-refractivity contribution in [2.24, 2.45) is 4.99 Å². The van der Waals surface area contributed by atoms with E-state index in [2.05, 4.69) is 25.3 Å². The van der Waals surface area contributed by atoms with Crippen LogP contribution in [0.3, 0.4) is 0 Å². The van der Waals surface area contributed by atoms with Gasteiger partial charge < -0.3 is 14.7 Å². The highest BCUT2D eigenvalue weighted by atomic mass is 127. The second kappa shape index (κ2) is 8.85. The number of nitrogens with zero attached hydrogens (tertiary/aromatic N) is 4. The molecular formula is C16H22IN5O. The number of guanidine groups is 1. The summed E-state index contributed by atoms with van der Waals surface area (Å²) in [5.74, 6) is 2.07. The lowest BCUT2D eigenvalue weighted by Crippen LogP contribution is -2.40. The van der Waals surface area contributed by atoms with E-state index in [1.807, 2.05) is 30.3 Å². The van der Waals surface area contributed by atoms with Crippen molar-refractivity contribution in [3.8, 4) is 0 Å². The Hall–Kier alpha value is -1.64. The van der Waals surface area contributed by atoms with Crippen LogP contribution in [0.1, 0.15) is 31.0 Å². The van der Waals surface area contributed by atoms with Crippen molar-refractivity contribution in [1.29, 1.82) is 0 Å². The zero-order valence-corrected chi connectivity index (χ0v) is 15.6. The van der Waals surface area contributed by atoms with Crippen LogP contribution in [0.4, 0.5) is 5.69 Å². The molecule has 6 nitrogen and oxygen atoms in total. The molecule has 1 aromatic carbocycles. The summed E-state index contributed by atoms with van der Waals surface area (Å²) in [6.45, 7) is 4.27. The SMILES string of the molecule is Cc1nc(CN=C(Nc2ccccc2)N2CCCCC2)no1.I. The first-order valence-corrected chi connectivity index (χ1v) is 7.72. The number of rotatable bonds is 3. The first-order valence-electron chi connectivity index (χ1n) is 7.72. The molecule has 1 saturated heterocycles. The van der Waals surface area contributed by atoms with Crippen LogP contribution in [-0.4, -0.2) is 34.1 Å². The standard InChI is InChI=1S/C16H21N5O.HI/c1-13-18-15(20-22-13)12-17-16(21-10-6-3-7-11-21)19-14-8-4-2-5-9-14;/h2,4-5,8-9H,3,6-7,10-12H2,1H3,(H,17,19);1H. The summed E-state index contributed by atoms with van der Waals surface area (Å²) in [5.41, 5.74) is 1.04. The van der Waals surface area contributed by atoms with Crippen LogP contribution in [0.15, 0.2) is 39.8 Å². The Labute approximate surface area is 153 Å². The summed E-state index contributed by atoms with van der Waals surface area (Å²) in [6, 6.07) is 10.1. The van der Waals surface area contributed by atoms with E-state index in [0.717, 1.165) is 24.7 Å². The Morgan fingerprint density at radius 1 is 1.22 bits per heavy atom. The fourth-order valence-corrected chi connectivity index (χ4v) is 2.53. The highest BCUT2D eigenvalue weighted by Crippen LogP contribution is 2.13. The zero-order valence-electron chi connectivity index (χ0n) is 13.2. The van der Waals surface area contributed by atoms with E-state index in [4.69, 9.17) is 4.52 Å². The molecule has 0 saturated carbocycles. The molecule has 124 valence electrons. The molecule has 1 aliphatic rings. The Kier molecular flexibility index (Phi) is 6.82. The van der Waals surface area contributed by atoms with Gasteiger partial charge in [0.25, 0.3) is 0 Å². The Balaban J connectivity index is 0.00000192. The second-order valence-electron chi connectivity index (χ2n) is 5.41. The first kappa shape index (κ1) is 17.7. The zero-order chi connectivity index (χ0) is 15.2. The third kappa shape index (κ3) is 5.19. The maximum Gasteiger partial charge on any atom is 0.223 e. The fourth-order valence-electron chi connectivity index (χ4n) is 2.53. The van der Waals surface area contributed by atoms with E-state index in [-0.39, 0.29) is 24.0 Å². The van der Waals surface area contributed by atoms with Crippen LogP contribution in [0.25, 0.3) is 0 Å². The maximum absolute atomic E-state index is 5.00.